The van der Waals surface area contributed by atoms with Gasteiger partial charge in [0.1, 0.15) is 17.5 Å². The zero-order chi connectivity index (χ0) is 21.5. The third-order valence-electron chi connectivity index (χ3n) is 4.73. The van der Waals surface area contributed by atoms with Crippen molar-refractivity contribution in [2.45, 2.75) is 25.7 Å². The van der Waals surface area contributed by atoms with E-state index < -0.39 is 17.7 Å². The second-order valence-corrected chi connectivity index (χ2v) is 7.07. The number of nitrogens with zero attached hydrogens (tertiary/aromatic N) is 2. The van der Waals surface area contributed by atoms with Crippen LogP contribution < -0.4 is 5.32 Å². The Morgan fingerprint density at radius 2 is 1.73 bits per heavy atom. The summed E-state index contributed by atoms with van der Waals surface area (Å²) in [6, 6.07) is 10.7. The summed E-state index contributed by atoms with van der Waals surface area (Å²) < 4.78 is 39.5. The van der Waals surface area contributed by atoms with Gasteiger partial charge in [-0.15, -0.1) is 0 Å². The molecule has 0 saturated heterocycles. The first-order valence-electron chi connectivity index (χ1n) is 9.70. The molecule has 0 spiro atoms. The largest absolute Gasteiger partial charge is 0.328 e. The van der Waals surface area contributed by atoms with Crippen molar-refractivity contribution in [2.75, 3.05) is 18.9 Å². The highest BCUT2D eigenvalue weighted by Gasteiger charge is 2.12. The molecule has 0 bridgehead atoms. The van der Waals surface area contributed by atoms with Crippen LogP contribution in [-0.2, 0) is 6.42 Å². The van der Waals surface area contributed by atoms with Crippen LogP contribution in [0.4, 0.5) is 23.7 Å². The number of urea groups is 1. The van der Waals surface area contributed by atoms with E-state index in [1.54, 1.807) is 19.2 Å². The first kappa shape index (κ1) is 21.4. The number of amides is 2. The van der Waals surface area contributed by atoms with E-state index in [0.717, 1.165) is 54.8 Å². The second-order valence-electron chi connectivity index (χ2n) is 7.07. The SMILES string of the molecule is CN(CCCCCc1cc(-c2ccc(F)cc2)n[nH]1)C(=O)Nc1ccc(F)cc1F. The molecule has 3 rings (SSSR count). The van der Waals surface area contributed by atoms with Gasteiger partial charge >= 0.3 is 6.03 Å². The number of hydrogen-bond donors (Lipinski definition) is 2. The Hall–Kier alpha value is -3.29. The smallest absolute Gasteiger partial charge is 0.321 e. The summed E-state index contributed by atoms with van der Waals surface area (Å²) in [5.41, 5.74) is 2.57. The lowest BCUT2D eigenvalue weighted by molar-refractivity contribution is 0.221. The summed E-state index contributed by atoms with van der Waals surface area (Å²) in [5, 5.41) is 9.68. The average Bonchev–Trinajstić information content (AvgIpc) is 3.19. The molecule has 158 valence electrons. The first-order valence-corrected chi connectivity index (χ1v) is 9.70. The van der Waals surface area contributed by atoms with Crippen LogP contribution in [0.3, 0.4) is 0 Å². The van der Waals surface area contributed by atoms with Gasteiger partial charge in [0.25, 0.3) is 0 Å². The van der Waals surface area contributed by atoms with Gasteiger partial charge in [0.2, 0.25) is 0 Å². The van der Waals surface area contributed by atoms with Crippen molar-refractivity contribution < 1.29 is 18.0 Å². The number of nitrogens with one attached hydrogen (secondary N) is 2. The number of aromatic amines is 1. The summed E-state index contributed by atoms with van der Waals surface area (Å²) in [4.78, 5) is 13.6. The topological polar surface area (TPSA) is 61.0 Å². The predicted octanol–water partition coefficient (Wildman–Crippen LogP) is 5.37. The van der Waals surface area contributed by atoms with Crippen molar-refractivity contribution in [1.82, 2.24) is 15.1 Å². The highest BCUT2D eigenvalue weighted by molar-refractivity contribution is 5.89. The van der Waals surface area contributed by atoms with Crippen LogP contribution >= 0.6 is 0 Å². The van der Waals surface area contributed by atoms with Gasteiger partial charge in [0, 0.05) is 30.9 Å². The molecule has 2 N–H and O–H groups in total. The average molecular weight is 416 g/mol. The number of carbonyl (C=O) groups is 1. The van der Waals surface area contributed by atoms with Crippen LogP contribution in [-0.4, -0.2) is 34.7 Å². The van der Waals surface area contributed by atoms with Crippen LogP contribution in [0, 0.1) is 17.5 Å². The minimum absolute atomic E-state index is 0.0514. The lowest BCUT2D eigenvalue weighted by Crippen LogP contribution is -2.32. The molecule has 3 aromatic rings. The van der Waals surface area contributed by atoms with E-state index in [1.807, 2.05) is 6.07 Å². The van der Waals surface area contributed by atoms with Gasteiger partial charge in [-0.1, -0.05) is 6.42 Å². The van der Waals surface area contributed by atoms with E-state index in [2.05, 4.69) is 15.5 Å². The van der Waals surface area contributed by atoms with E-state index >= 15 is 0 Å². The van der Waals surface area contributed by atoms with Gasteiger partial charge in [0.15, 0.2) is 0 Å². The molecule has 0 saturated carbocycles. The molecule has 0 unspecified atom stereocenters. The Morgan fingerprint density at radius 3 is 2.47 bits per heavy atom. The number of hydrogen-bond acceptors (Lipinski definition) is 2. The van der Waals surface area contributed by atoms with Gasteiger partial charge in [-0.05, 0) is 61.7 Å². The Morgan fingerprint density at radius 1 is 1.00 bits per heavy atom. The number of rotatable bonds is 8. The zero-order valence-corrected chi connectivity index (χ0v) is 16.6. The minimum Gasteiger partial charge on any atom is -0.328 e. The Bertz CT molecular complexity index is 988. The quantitative estimate of drug-likeness (QED) is 0.485. The number of halogens is 3. The third kappa shape index (κ3) is 5.85. The van der Waals surface area contributed by atoms with Crippen molar-refractivity contribution in [3.8, 4) is 11.3 Å². The van der Waals surface area contributed by atoms with Gasteiger partial charge in [-0.3, -0.25) is 5.10 Å². The van der Waals surface area contributed by atoms with E-state index in [0.29, 0.717) is 6.54 Å². The number of anilines is 1. The van der Waals surface area contributed by atoms with Crippen molar-refractivity contribution >= 4 is 11.7 Å². The summed E-state index contributed by atoms with van der Waals surface area (Å²) in [6.45, 7) is 0.512. The van der Waals surface area contributed by atoms with Gasteiger partial charge in [0.05, 0.1) is 11.4 Å². The molecule has 30 heavy (non-hydrogen) atoms. The molecule has 2 aromatic carbocycles. The lowest BCUT2D eigenvalue weighted by atomic mass is 10.1. The highest BCUT2D eigenvalue weighted by Crippen LogP contribution is 2.19. The van der Waals surface area contributed by atoms with Crippen molar-refractivity contribution in [3.05, 3.63) is 71.7 Å². The normalized spacial score (nSPS) is 10.8. The van der Waals surface area contributed by atoms with E-state index in [9.17, 15) is 18.0 Å². The second kappa shape index (κ2) is 9.96. The maximum atomic E-state index is 13.6. The Kier molecular flexibility index (Phi) is 7.11. The maximum absolute atomic E-state index is 13.6. The molecule has 8 heteroatoms. The van der Waals surface area contributed by atoms with Crippen LogP contribution in [0.25, 0.3) is 11.3 Å². The molecule has 0 aliphatic rings. The fraction of sp³-hybridized carbons (Fsp3) is 0.273. The molecule has 0 aliphatic heterocycles. The van der Waals surface area contributed by atoms with Gasteiger partial charge in [-0.25, -0.2) is 18.0 Å². The number of aryl methyl sites for hydroxylation is 1. The Balaban J connectivity index is 1.37. The predicted molar refractivity (Wildman–Crippen MR) is 110 cm³/mol. The van der Waals surface area contributed by atoms with E-state index in [4.69, 9.17) is 0 Å². The van der Waals surface area contributed by atoms with Crippen LogP contribution in [0.1, 0.15) is 25.0 Å². The minimum atomic E-state index is -0.809. The summed E-state index contributed by atoms with van der Waals surface area (Å²) in [5.74, 6) is -1.78. The lowest BCUT2D eigenvalue weighted by Gasteiger charge is -2.18. The van der Waals surface area contributed by atoms with Crippen LogP contribution in [0.5, 0.6) is 0 Å². The highest BCUT2D eigenvalue weighted by atomic mass is 19.1. The fourth-order valence-corrected chi connectivity index (χ4v) is 3.00. The van der Waals surface area contributed by atoms with Gasteiger partial charge in [-0.2, -0.15) is 5.10 Å². The first-order chi connectivity index (χ1) is 14.4. The fourth-order valence-electron chi connectivity index (χ4n) is 3.00. The molecule has 0 aliphatic carbocycles. The molecule has 0 atom stereocenters. The summed E-state index contributed by atoms with van der Waals surface area (Å²) in [6.07, 6.45) is 3.40. The molecule has 0 radical (unpaired) electrons. The van der Waals surface area contributed by atoms with Crippen LogP contribution in [0.15, 0.2) is 48.5 Å². The van der Waals surface area contributed by atoms with Crippen molar-refractivity contribution in [2.24, 2.45) is 0 Å². The number of carbonyl (C=O) groups excluding carboxylic acids is 1. The maximum Gasteiger partial charge on any atom is 0.321 e. The molecule has 1 aromatic heterocycles. The molecular weight excluding hydrogens is 393 g/mol. The van der Waals surface area contributed by atoms with Gasteiger partial charge < -0.3 is 10.2 Å². The third-order valence-corrected chi connectivity index (χ3v) is 4.73. The van der Waals surface area contributed by atoms with E-state index in [1.165, 1.54) is 23.1 Å². The zero-order valence-electron chi connectivity index (χ0n) is 16.6. The van der Waals surface area contributed by atoms with Crippen molar-refractivity contribution in [1.29, 1.82) is 0 Å². The summed E-state index contributed by atoms with van der Waals surface area (Å²) in [7, 11) is 1.63. The van der Waals surface area contributed by atoms with Crippen molar-refractivity contribution in [3.63, 3.8) is 0 Å². The molecule has 0 fully saturated rings. The molecular formula is C22H23F3N4O. The number of H-pyrrole nitrogens is 1. The Labute approximate surface area is 172 Å². The number of benzene rings is 2. The standard InChI is InChI=1S/C22H23F3N4O/c1-29(22(30)26-20-11-10-17(24)13-19(20)25)12-4-2-3-5-18-14-21(28-27-18)15-6-8-16(23)9-7-15/h6-11,13-14H,2-5,12H2,1H3,(H,26,30)(H,27,28). The number of unbranched alkanes of at least 4 members (excludes halogenated alkanes) is 2. The van der Waals surface area contributed by atoms with E-state index in [-0.39, 0.29) is 11.5 Å². The van der Waals surface area contributed by atoms with Crippen LogP contribution in [0.2, 0.25) is 0 Å². The monoisotopic (exact) mass is 416 g/mol. The molecule has 2 amide bonds. The number of aromatic nitrogens is 2. The molecule has 5 nitrogen and oxygen atoms in total. The molecule has 1 heterocycles. The summed E-state index contributed by atoms with van der Waals surface area (Å²) >= 11 is 0.